The van der Waals surface area contributed by atoms with Gasteiger partial charge in [-0.2, -0.15) is 4.98 Å². The predicted molar refractivity (Wildman–Crippen MR) is 65.6 cm³/mol. The number of aryl methyl sites for hydroxylation is 1. The number of benzene rings is 1. The number of hydrogen-bond acceptors (Lipinski definition) is 4. The van der Waals surface area contributed by atoms with E-state index in [0.29, 0.717) is 24.6 Å². The van der Waals surface area contributed by atoms with Crippen molar-refractivity contribution < 1.29 is 4.52 Å². The summed E-state index contributed by atoms with van der Waals surface area (Å²) in [5, 5.41) is 3.95. The molecule has 0 fully saturated rings. The number of aromatic nitrogens is 2. The van der Waals surface area contributed by atoms with Crippen LogP contribution in [0.15, 0.2) is 28.8 Å². The van der Waals surface area contributed by atoms with Crippen molar-refractivity contribution in [3.8, 4) is 0 Å². The Hall–Kier alpha value is -1.68. The second-order valence-corrected chi connectivity index (χ2v) is 4.45. The SMILES string of the molecule is Cc1cccc(Cc2noc(CC(C)N)n2)c1. The standard InChI is InChI=1S/C13H17N3O/c1-9-4-3-5-11(6-9)8-12-15-13(17-16-12)7-10(2)14/h3-6,10H,7-8,14H2,1-2H3. The number of rotatable bonds is 4. The molecule has 2 aromatic rings. The molecule has 1 aromatic heterocycles. The van der Waals surface area contributed by atoms with Crippen molar-refractivity contribution in [1.29, 1.82) is 0 Å². The molecule has 0 spiro atoms. The third-order valence-electron chi connectivity index (χ3n) is 2.45. The van der Waals surface area contributed by atoms with Gasteiger partial charge in [-0.05, 0) is 19.4 Å². The van der Waals surface area contributed by atoms with Crippen LogP contribution in [-0.4, -0.2) is 16.2 Å². The van der Waals surface area contributed by atoms with Crippen molar-refractivity contribution in [1.82, 2.24) is 10.1 Å². The Kier molecular flexibility index (Phi) is 3.54. The monoisotopic (exact) mass is 231 g/mol. The summed E-state index contributed by atoms with van der Waals surface area (Å²) in [6, 6.07) is 8.34. The van der Waals surface area contributed by atoms with Gasteiger partial charge in [-0.3, -0.25) is 0 Å². The summed E-state index contributed by atoms with van der Waals surface area (Å²) in [5.74, 6) is 1.33. The lowest BCUT2D eigenvalue weighted by atomic mass is 10.1. The van der Waals surface area contributed by atoms with Gasteiger partial charge >= 0.3 is 0 Å². The van der Waals surface area contributed by atoms with E-state index in [4.69, 9.17) is 10.3 Å². The van der Waals surface area contributed by atoms with E-state index in [1.807, 2.05) is 13.0 Å². The maximum atomic E-state index is 5.68. The summed E-state index contributed by atoms with van der Waals surface area (Å²) in [6.45, 7) is 3.99. The first-order valence-corrected chi connectivity index (χ1v) is 5.76. The smallest absolute Gasteiger partial charge is 0.228 e. The van der Waals surface area contributed by atoms with Crippen LogP contribution in [0.25, 0.3) is 0 Å². The zero-order chi connectivity index (χ0) is 12.3. The highest BCUT2D eigenvalue weighted by atomic mass is 16.5. The molecular weight excluding hydrogens is 214 g/mol. The molecule has 1 unspecified atom stereocenters. The van der Waals surface area contributed by atoms with Crippen LogP contribution >= 0.6 is 0 Å². The van der Waals surface area contributed by atoms with Crippen LogP contribution in [0.2, 0.25) is 0 Å². The van der Waals surface area contributed by atoms with Crippen LogP contribution in [0.5, 0.6) is 0 Å². The highest BCUT2D eigenvalue weighted by Gasteiger charge is 2.08. The Bertz CT molecular complexity index is 491. The third-order valence-corrected chi connectivity index (χ3v) is 2.45. The molecule has 0 aliphatic rings. The first kappa shape index (κ1) is 11.8. The molecule has 1 atom stereocenters. The summed E-state index contributed by atoms with van der Waals surface area (Å²) in [7, 11) is 0. The van der Waals surface area contributed by atoms with E-state index in [2.05, 4.69) is 35.3 Å². The number of nitrogens with zero attached hydrogens (tertiary/aromatic N) is 2. The second-order valence-electron chi connectivity index (χ2n) is 4.45. The number of hydrogen-bond donors (Lipinski definition) is 1. The minimum Gasteiger partial charge on any atom is -0.339 e. The van der Waals surface area contributed by atoms with E-state index in [0.717, 1.165) is 0 Å². The van der Waals surface area contributed by atoms with Gasteiger partial charge in [0.2, 0.25) is 5.89 Å². The number of nitrogens with two attached hydrogens (primary N) is 1. The zero-order valence-electron chi connectivity index (χ0n) is 10.2. The average molecular weight is 231 g/mol. The minimum atomic E-state index is 0.0438. The van der Waals surface area contributed by atoms with Crippen LogP contribution in [0.3, 0.4) is 0 Å². The molecule has 0 amide bonds. The molecule has 1 heterocycles. The van der Waals surface area contributed by atoms with Crippen molar-refractivity contribution in [2.45, 2.75) is 32.7 Å². The third kappa shape index (κ3) is 3.39. The Balaban J connectivity index is 2.06. The molecule has 2 rings (SSSR count). The van der Waals surface area contributed by atoms with E-state index in [1.165, 1.54) is 11.1 Å². The van der Waals surface area contributed by atoms with E-state index in [9.17, 15) is 0 Å². The normalized spacial score (nSPS) is 12.6. The molecule has 4 heteroatoms. The fraction of sp³-hybridized carbons (Fsp3) is 0.385. The van der Waals surface area contributed by atoms with Crippen LogP contribution in [0.1, 0.15) is 29.8 Å². The maximum absolute atomic E-state index is 5.68. The summed E-state index contributed by atoms with van der Waals surface area (Å²) >= 11 is 0. The molecule has 0 aliphatic heterocycles. The molecule has 4 nitrogen and oxygen atoms in total. The van der Waals surface area contributed by atoms with E-state index >= 15 is 0 Å². The van der Waals surface area contributed by atoms with Crippen LogP contribution in [-0.2, 0) is 12.8 Å². The van der Waals surface area contributed by atoms with E-state index in [1.54, 1.807) is 0 Å². The molecule has 0 bridgehead atoms. The van der Waals surface area contributed by atoms with Gasteiger partial charge < -0.3 is 10.3 Å². The lowest BCUT2D eigenvalue weighted by Gasteiger charge is -1.98. The van der Waals surface area contributed by atoms with Crippen LogP contribution in [0, 0.1) is 6.92 Å². The largest absolute Gasteiger partial charge is 0.339 e. The highest BCUT2D eigenvalue weighted by Crippen LogP contribution is 2.09. The van der Waals surface area contributed by atoms with Gasteiger partial charge in [0.15, 0.2) is 5.82 Å². The van der Waals surface area contributed by atoms with Gasteiger partial charge in [0.25, 0.3) is 0 Å². The van der Waals surface area contributed by atoms with Gasteiger partial charge in [-0.15, -0.1) is 0 Å². The zero-order valence-corrected chi connectivity index (χ0v) is 10.2. The van der Waals surface area contributed by atoms with Crippen molar-refractivity contribution in [2.75, 3.05) is 0 Å². The van der Waals surface area contributed by atoms with Gasteiger partial charge in [0.1, 0.15) is 0 Å². The quantitative estimate of drug-likeness (QED) is 0.872. The van der Waals surface area contributed by atoms with E-state index < -0.39 is 0 Å². The molecule has 0 saturated heterocycles. The maximum Gasteiger partial charge on any atom is 0.228 e. The molecule has 90 valence electrons. The molecule has 2 N–H and O–H groups in total. The van der Waals surface area contributed by atoms with Gasteiger partial charge in [-0.25, -0.2) is 0 Å². The fourth-order valence-electron chi connectivity index (χ4n) is 1.72. The summed E-state index contributed by atoms with van der Waals surface area (Å²) < 4.78 is 5.14. The summed E-state index contributed by atoms with van der Waals surface area (Å²) in [6.07, 6.45) is 1.32. The predicted octanol–water partition coefficient (Wildman–Crippen LogP) is 1.86. The minimum absolute atomic E-state index is 0.0438. The second kappa shape index (κ2) is 5.10. The molecular formula is C13H17N3O. The van der Waals surface area contributed by atoms with Gasteiger partial charge in [0.05, 0.1) is 0 Å². The van der Waals surface area contributed by atoms with Crippen molar-refractivity contribution in [3.63, 3.8) is 0 Å². The van der Waals surface area contributed by atoms with E-state index in [-0.39, 0.29) is 6.04 Å². The van der Waals surface area contributed by atoms with Crippen molar-refractivity contribution >= 4 is 0 Å². The molecule has 0 saturated carbocycles. The molecule has 0 radical (unpaired) electrons. The summed E-state index contributed by atoms with van der Waals surface area (Å²) in [4.78, 5) is 4.32. The molecule has 0 aliphatic carbocycles. The van der Waals surface area contributed by atoms with Gasteiger partial charge in [-0.1, -0.05) is 35.0 Å². The topological polar surface area (TPSA) is 64.9 Å². The Morgan fingerprint density at radius 2 is 2.24 bits per heavy atom. The lowest BCUT2D eigenvalue weighted by Crippen LogP contribution is -2.17. The van der Waals surface area contributed by atoms with Gasteiger partial charge in [0, 0.05) is 18.9 Å². The van der Waals surface area contributed by atoms with Crippen molar-refractivity contribution in [3.05, 3.63) is 47.1 Å². The first-order chi connectivity index (χ1) is 8.13. The lowest BCUT2D eigenvalue weighted by molar-refractivity contribution is 0.367. The van der Waals surface area contributed by atoms with Crippen LogP contribution in [0.4, 0.5) is 0 Å². The summed E-state index contributed by atoms with van der Waals surface area (Å²) in [5.41, 5.74) is 8.11. The first-order valence-electron chi connectivity index (χ1n) is 5.76. The molecule has 1 aromatic carbocycles. The Labute approximate surface area is 101 Å². The Morgan fingerprint density at radius 3 is 2.94 bits per heavy atom. The fourth-order valence-corrected chi connectivity index (χ4v) is 1.72. The Morgan fingerprint density at radius 1 is 1.41 bits per heavy atom. The van der Waals surface area contributed by atoms with Crippen LogP contribution < -0.4 is 5.73 Å². The average Bonchev–Trinajstić information content (AvgIpc) is 2.64. The van der Waals surface area contributed by atoms with Crippen molar-refractivity contribution in [2.24, 2.45) is 5.73 Å². The molecule has 17 heavy (non-hydrogen) atoms. The highest BCUT2D eigenvalue weighted by molar-refractivity contribution is 5.24.